The first-order valence-electron chi connectivity index (χ1n) is 19.3. The maximum absolute atomic E-state index is 10.6. The van der Waals surface area contributed by atoms with Gasteiger partial charge in [-0.05, 0) is 77.9 Å². The molecule has 0 atom stereocenters. The highest BCUT2D eigenvalue weighted by Gasteiger charge is 2.18. The lowest BCUT2D eigenvalue weighted by Crippen LogP contribution is -2.09. The van der Waals surface area contributed by atoms with Crippen LogP contribution in [0.1, 0.15) is 5.56 Å². The van der Waals surface area contributed by atoms with Crippen LogP contribution in [-0.4, -0.2) is 14.5 Å². The summed E-state index contributed by atoms with van der Waals surface area (Å²) in [6.07, 6.45) is 0. The van der Waals surface area contributed by atoms with Gasteiger partial charge in [0.1, 0.15) is 0 Å². The van der Waals surface area contributed by atoms with Gasteiger partial charge in [-0.1, -0.05) is 146 Å². The highest BCUT2D eigenvalue weighted by molar-refractivity contribution is 6.10. The highest BCUT2D eigenvalue weighted by atomic mass is 15.1. The van der Waals surface area contributed by atoms with Crippen LogP contribution in [0, 0.1) is 11.3 Å². The number of fused-ring (bicyclic) bond motifs is 3. The molecule has 2 aromatic heterocycles. The average molecular weight is 742 g/mol. The van der Waals surface area contributed by atoms with E-state index >= 15 is 0 Å². The molecule has 0 unspecified atom stereocenters. The molecule has 0 spiro atoms. The van der Waals surface area contributed by atoms with Gasteiger partial charge >= 0.3 is 0 Å². The van der Waals surface area contributed by atoms with Crippen LogP contribution in [0.25, 0.3) is 72.5 Å². The van der Waals surface area contributed by atoms with Crippen molar-refractivity contribution in [2.75, 3.05) is 4.90 Å². The molecule has 0 aliphatic rings. The smallest absolute Gasteiger partial charge is 0.160 e. The third-order valence-electron chi connectivity index (χ3n) is 10.6. The summed E-state index contributed by atoms with van der Waals surface area (Å²) >= 11 is 0. The van der Waals surface area contributed by atoms with E-state index < -0.39 is 0 Å². The topological polar surface area (TPSA) is 57.7 Å². The zero-order valence-corrected chi connectivity index (χ0v) is 31.4. The Balaban J connectivity index is 1.03. The van der Waals surface area contributed by atoms with E-state index in [1.165, 1.54) is 0 Å². The van der Waals surface area contributed by atoms with Crippen molar-refractivity contribution in [1.82, 2.24) is 14.5 Å². The van der Waals surface area contributed by atoms with Crippen LogP contribution in [-0.2, 0) is 0 Å². The van der Waals surface area contributed by atoms with Crippen molar-refractivity contribution < 1.29 is 0 Å². The number of para-hydroxylation sites is 3. The second-order valence-electron chi connectivity index (χ2n) is 14.2. The summed E-state index contributed by atoms with van der Waals surface area (Å²) in [6.45, 7) is 0. The summed E-state index contributed by atoms with van der Waals surface area (Å²) in [5, 5.41) is 12.9. The first-order chi connectivity index (χ1) is 28.7. The highest BCUT2D eigenvalue weighted by Crippen LogP contribution is 2.40. The number of anilines is 3. The molecule has 0 saturated carbocycles. The van der Waals surface area contributed by atoms with Crippen LogP contribution in [0.2, 0.25) is 0 Å². The van der Waals surface area contributed by atoms with Crippen molar-refractivity contribution in [3.8, 4) is 56.8 Å². The molecular formula is C53H35N5. The molecule has 2 heterocycles. The van der Waals surface area contributed by atoms with Gasteiger partial charge in [0.25, 0.3) is 0 Å². The number of benzene rings is 8. The Labute approximate surface area is 337 Å². The van der Waals surface area contributed by atoms with Crippen molar-refractivity contribution in [1.29, 1.82) is 5.26 Å². The SMILES string of the molecule is N#Cc1cc(-n2c3ccccc3c3cc(N(c4ccccc4)c4ccccc4)ccc32)ccc1-c1ccc(-c2cc(-c3ccccc3)nc(-c3ccccc3)n2)cc1. The average Bonchev–Trinajstić information content (AvgIpc) is 3.64. The molecule has 5 heteroatoms. The summed E-state index contributed by atoms with van der Waals surface area (Å²) in [7, 11) is 0. The molecule has 10 rings (SSSR count). The van der Waals surface area contributed by atoms with Crippen molar-refractivity contribution in [3.63, 3.8) is 0 Å². The molecule has 0 bridgehead atoms. The lowest BCUT2D eigenvalue weighted by Gasteiger charge is -2.25. The van der Waals surface area contributed by atoms with Crippen LogP contribution in [0.5, 0.6) is 0 Å². The fourth-order valence-corrected chi connectivity index (χ4v) is 7.88. The maximum atomic E-state index is 10.6. The first-order valence-corrected chi connectivity index (χ1v) is 19.3. The van der Waals surface area contributed by atoms with Crippen LogP contribution >= 0.6 is 0 Å². The Hall–Kier alpha value is -8.07. The van der Waals surface area contributed by atoms with Gasteiger partial charge in [-0.2, -0.15) is 5.26 Å². The minimum absolute atomic E-state index is 0.604. The van der Waals surface area contributed by atoms with E-state index in [0.717, 1.165) is 83.8 Å². The van der Waals surface area contributed by atoms with Gasteiger partial charge in [0.2, 0.25) is 0 Å². The molecule has 58 heavy (non-hydrogen) atoms. The summed E-state index contributed by atoms with van der Waals surface area (Å²) in [5.41, 5.74) is 13.4. The Morgan fingerprint density at radius 3 is 1.59 bits per heavy atom. The van der Waals surface area contributed by atoms with E-state index in [1.54, 1.807) is 0 Å². The molecule has 0 radical (unpaired) electrons. The standard InChI is InChI=1S/C53H35N5/c54-36-41-33-44(58-51-24-14-13-23-47(51)48-34-45(30-32-52(48)58)57(42-19-9-3-10-20-42)43-21-11-4-12-22-43)29-31-46(41)37-25-27-39(28-26-37)50-35-49(38-15-5-1-6-16-38)55-53(56-50)40-17-7-2-8-18-40/h1-35H. The molecule has 0 aliphatic heterocycles. The Morgan fingerprint density at radius 2 is 0.948 bits per heavy atom. The maximum Gasteiger partial charge on any atom is 0.160 e. The molecule has 0 saturated heterocycles. The Bertz CT molecular complexity index is 3000. The second-order valence-corrected chi connectivity index (χ2v) is 14.2. The minimum Gasteiger partial charge on any atom is -0.310 e. The first kappa shape index (κ1) is 34.4. The Kier molecular flexibility index (Phi) is 8.83. The summed E-state index contributed by atoms with van der Waals surface area (Å²) in [5.74, 6) is 0.675. The number of hydrogen-bond acceptors (Lipinski definition) is 4. The molecular weight excluding hydrogens is 707 g/mol. The molecule has 0 aliphatic carbocycles. The van der Waals surface area contributed by atoms with E-state index in [9.17, 15) is 5.26 Å². The van der Waals surface area contributed by atoms with Gasteiger partial charge in [0, 0.05) is 50.2 Å². The summed E-state index contributed by atoms with van der Waals surface area (Å²) in [4.78, 5) is 12.2. The zero-order valence-electron chi connectivity index (χ0n) is 31.4. The van der Waals surface area contributed by atoms with Gasteiger partial charge in [-0.25, -0.2) is 9.97 Å². The molecule has 0 fully saturated rings. The van der Waals surface area contributed by atoms with Crippen molar-refractivity contribution >= 4 is 38.9 Å². The molecule has 8 aromatic carbocycles. The predicted octanol–water partition coefficient (Wildman–Crippen LogP) is 13.6. The van der Waals surface area contributed by atoms with Crippen LogP contribution in [0.3, 0.4) is 0 Å². The van der Waals surface area contributed by atoms with Crippen LogP contribution < -0.4 is 4.90 Å². The van der Waals surface area contributed by atoms with Gasteiger partial charge in [0.15, 0.2) is 5.82 Å². The molecule has 5 nitrogen and oxygen atoms in total. The van der Waals surface area contributed by atoms with E-state index in [0.29, 0.717) is 11.4 Å². The monoisotopic (exact) mass is 741 g/mol. The third kappa shape index (κ3) is 6.35. The number of nitriles is 1. The van der Waals surface area contributed by atoms with Crippen molar-refractivity contribution in [2.24, 2.45) is 0 Å². The molecule has 272 valence electrons. The van der Waals surface area contributed by atoms with E-state index in [-0.39, 0.29) is 0 Å². The van der Waals surface area contributed by atoms with E-state index in [4.69, 9.17) is 9.97 Å². The van der Waals surface area contributed by atoms with E-state index in [2.05, 4.69) is 155 Å². The lowest BCUT2D eigenvalue weighted by molar-refractivity contribution is 1.18. The van der Waals surface area contributed by atoms with Crippen molar-refractivity contribution in [2.45, 2.75) is 0 Å². The van der Waals surface area contributed by atoms with Gasteiger partial charge in [-0.3, -0.25) is 0 Å². The quantitative estimate of drug-likeness (QED) is 0.156. The number of rotatable bonds is 8. The van der Waals surface area contributed by atoms with Gasteiger partial charge in [-0.15, -0.1) is 0 Å². The Morgan fingerprint density at radius 1 is 0.414 bits per heavy atom. The second kappa shape index (κ2) is 14.9. The van der Waals surface area contributed by atoms with Gasteiger partial charge in [0.05, 0.1) is 34.1 Å². The third-order valence-corrected chi connectivity index (χ3v) is 10.6. The largest absolute Gasteiger partial charge is 0.310 e. The van der Waals surface area contributed by atoms with Gasteiger partial charge < -0.3 is 9.47 Å². The number of aromatic nitrogens is 3. The zero-order chi connectivity index (χ0) is 38.8. The number of hydrogen-bond donors (Lipinski definition) is 0. The summed E-state index contributed by atoms with van der Waals surface area (Å²) in [6, 6.07) is 75.4. The normalized spacial score (nSPS) is 11.1. The molecule has 0 N–H and O–H groups in total. The van der Waals surface area contributed by atoms with Crippen molar-refractivity contribution in [3.05, 3.63) is 218 Å². The summed E-state index contributed by atoms with van der Waals surface area (Å²) < 4.78 is 2.27. The molecule has 10 aromatic rings. The fourth-order valence-electron chi connectivity index (χ4n) is 7.88. The van der Waals surface area contributed by atoms with Crippen LogP contribution in [0.4, 0.5) is 17.1 Å². The fraction of sp³-hybridized carbons (Fsp3) is 0. The molecule has 0 amide bonds. The lowest BCUT2D eigenvalue weighted by atomic mass is 9.97. The van der Waals surface area contributed by atoms with E-state index in [1.807, 2.05) is 72.8 Å². The predicted molar refractivity (Wildman–Crippen MR) is 238 cm³/mol. The minimum atomic E-state index is 0.604. The van der Waals surface area contributed by atoms with Crippen LogP contribution in [0.15, 0.2) is 212 Å². The number of nitrogens with zero attached hydrogens (tertiary/aromatic N) is 5.